The van der Waals surface area contributed by atoms with E-state index in [1.54, 1.807) is 23.1 Å². The minimum absolute atomic E-state index is 0. The van der Waals surface area contributed by atoms with E-state index in [1.807, 2.05) is 0 Å². The van der Waals surface area contributed by atoms with Crippen LogP contribution in [0, 0.1) is 5.92 Å². The molecule has 0 unspecified atom stereocenters. The Hall–Kier alpha value is -2.27. The predicted molar refractivity (Wildman–Crippen MR) is 105 cm³/mol. The van der Waals surface area contributed by atoms with Gasteiger partial charge in [-0.1, -0.05) is 11.6 Å². The maximum atomic E-state index is 12.8. The number of carbonyl (C=O) groups is 2. The highest BCUT2D eigenvalue weighted by atomic mass is 35.5. The van der Waals surface area contributed by atoms with Gasteiger partial charge in [0.05, 0.1) is 12.3 Å². The smallest absolute Gasteiger partial charge is 0.243 e. The number of nitrogens with one attached hydrogen (secondary N) is 1. The van der Waals surface area contributed by atoms with E-state index < -0.39 is 18.7 Å². The van der Waals surface area contributed by atoms with Gasteiger partial charge in [-0.3, -0.25) is 9.59 Å². The van der Waals surface area contributed by atoms with Gasteiger partial charge in [-0.05, 0) is 52.9 Å². The molecule has 4 atom stereocenters. The van der Waals surface area contributed by atoms with Crippen LogP contribution in [0.3, 0.4) is 0 Å². The first kappa shape index (κ1) is 21.4. The maximum Gasteiger partial charge on any atom is 0.243 e. The van der Waals surface area contributed by atoms with E-state index in [-0.39, 0.29) is 36.8 Å². The molecule has 2 fully saturated rings. The third-order valence-corrected chi connectivity index (χ3v) is 5.50. The largest absolute Gasteiger partial charge is 0.394 e. The van der Waals surface area contributed by atoms with E-state index in [2.05, 4.69) is 20.8 Å². The molecule has 2 amide bonds. The minimum Gasteiger partial charge on any atom is -0.394 e. The topological polar surface area (TPSA) is 139 Å². The van der Waals surface area contributed by atoms with Crippen LogP contribution >= 0.6 is 24.0 Å². The lowest BCUT2D eigenvalue weighted by Crippen LogP contribution is -2.53. The minimum atomic E-state index is -1.01. The molecule has 1 aromatic heterocycles. The molecule has 1 aliphatic carbocycles. The zero-order valence-corrected chi connectivity index (χ0v) is 16.9. The van der Waals surface area contributed by atoms with Crippen molar-refractivity contribution in [2.75, 3.05) is 6.61 Å². The number of tetrazole rings is 1. The number of carbonyl (C=O) groups excluding carboxylic acids is 2. The molecule has 0 bridgehead atoms. The van der Waals surface area contributed by atoms with Gasteiger partial charge in [-0.25, -0.2) is 4.68 Å². The van der Waals surface area contributed by atoms with Gasteiger partial charge in [0.25, 0.3) is 0 Å². The number of hydrogen-bond donors (Lipinski definition) is 3. The summed E-state index contributed by atoms with van der Waals surface area (Å²) in [7, 11) is 0. The molecule has 10 nitrogen and oxygen atoms in total. The van der Waals surface area contributed by atoms with Gasteiger partial charge in [0.1, 0.15) is 18.4 Å². The molecular weight excluding hydrogens is 421 g/mol. The average molecular weight is 442 g/mol. The molecule has 12 heteroatoms. The van der Waals surface area contributed by atoms with Crippen LogP contribution in [0.4, 0.5) is 0 Å². The Labute approximate surface area is 177 Å². The summed E-state index contributed by atoms with van der Waals surface area (Å²) in [4.78, 5) is 26.8. The Morgan fingerprint density at radius 3 is 2.86 bits per heavy atom. The molecule has 2 aliphatic rings. The van der Waals surface area contributed by atoms with Gasteiger partial charge in [0.2, 0.25) is 11.8 Å². The number of aromatic nitrogens is 4. The SMILES string of the molecule is Cl.N[C@H](CO)C(=O)N1[C@H](C(=O)NCc2cc(Cl)ccc2-n2cnnn2)C[C@@H]2C[C@@H]21. The molecule has 4 rings (SSSR count). The van der Waals surface area contributed by atoms with Crippen molar-refractivity contribution < 1.29 is 14.7 Å². The molecule has 1 aromatic carbocycles. The van der Waals surface area contributed by atoms with Gasteiger partial charge in [0.15, 0.2) is 0 Å². The number of fused-ring (bicyclic) bond motifs is 1. The second-order valence-electron chi connectivity index (χ2n) is 7.09. The third kappa shape index (κ3) is 4.20. The fourth-order valence-electron chi connectivity index (χ4n) is 3.77. The van der Waals surface area contributed by atoms with Crippen molar-refractivity contribution in [1.82, 2.24) is 30.4 Å². The summed E-state index contributed by atoms with van der Waals surface area (Å²) in [6, 6.07) is 3.67. The van der Waals surface area contributed by atoms with Crippen LogP contribution in [-0.2, 0) is 16.1 Å². The first-order valence-electron chi connectivity index (χ1n) is 8.97. The first-order chi connectivity index (χ1) is 13.5. The molecule has 29 heavy (non-hydrogen) atoms. The van der Waals surface area contributed by atoms with Crippen LogP contribution in [0.25, 0.3) is 5.69 Å². The summed E-state index contributed by atoms with van der Waals surface area (Å²) in [6.07, 6.45) is 2.94. The van der Waals surface area contributed by atoms with Crippen molar-refractivity contribution in [3.8, 4) is 5.69 Å². The Morgan fingerprint density at radius 2 is 2.17 bits per heavy atom. The number of hydrogen-bond acceptors (Lipinski definition) is 7. The number of rotatable bonds is 6. The van der Waals surface area contributed by atoms with E-state index in [9.17, 15) is 14.7 Å². The molecule has 2 heterocycles. The molecule has 1 aliphatic heterocycles. The van der Waals surface area contributed by atoms with E-state index in [4.69, 9.17) is 17.3 Å². The molecule has 1 saturated heterocycles. The summed E-state index contributed by atoms with van der Waals surface area (Å²) >= 11 is 6.10. The molecule has 0 spiro atoms. The van der Waals surface area contributed by atoms with Crippen LogP contribution < -0.4 is 11.1 Å². The van der Waals surface area contributed by atoms with Gasteiger partial charge >= 0.3 is 0 Å². The average Bonchev–Trinajstić information content (AvgIpc) is 3.09. The number of aliphatic hydroxyl groups excluding tert-OH is 1. The number of piperidine rings is 1. The van der Waals surface area contributed by atoms with E-state index in [0.29, 0.717) is 23.0 Å². The second-order valence-corrected chi connectivity index (χ2v) is 7.53. The van der Waals surface area contributed by atoms with Crippen LogP contribution in [-0.4, -0.2) is 66.8 Å². The van der Waals surface area contributed by atoms with E-state index in [1.165, 1.54) is 11.0 Å². The summed E-state index contributed by atoms with van der Waals surface area (Å²) in [5.41, 5.74) is 7.12. The van der Waals surface area contributed by atoms with Crippen molar-refractivity contribution >= 4 is 35.8 Å². The van der Waals surface area contributed by atoms with Crippen LogP contribution in [0.15, 0.2) is 24.5 Å². The second kappa shape index (κ2) is 8.62. The lowest BCUT2D eigenvalue weighted by Gasteiger charge is -2.28. The van der Waals surface area contributed by atoms with E-state index in [0.717, 1.165) is 12.0 Å². The quantitative estimate of drug-likeness (QED) is 0.556. The fourth-order valence-corrected chi connectivity index (χ4v) is 3.96. The number of aliphatic hydroxyl groups is 1. The Kier molecular flexibility index (Phi) is 6.37. The Bertz CT molecular complexity index is 895. The summed E-state index contributed by atoms with van der Waals surface area (Å²) in [5, 5.41) is 23.7. The van der Waals surface area contributed by atoms with Gasteiger partial charge in [-0.15, -0.1) is 17.5 Å². The van der Waals surface area contributed by atoms with Crippen LogP contribution in [0.2, 0.25) is 5.02 Å². The number of halogens is 2. The molecular formula is C17H21Cl2N7O3. The number of nitrogens with zero attached hydrogens (tertiary/aromatic N) is 5. The van der Waals surface area contributed by atoms with Crippen molar-refractivity contribution in [3.63, 3.8) is 0 Å². The molecule has 0 radical (unpaired) electrons. The zero-order valence-electron chi connectivity index (χ0n) is 15.3. The molecule has 156 valence electrons. The predicted octanol–water partition coefficient (Wildman–Crippen LogP) is -0.337. The molecule has 2 aromatic rings. The number of benzene rings is 1. The normalized spacial score (nSPS) is 23.1. The highest BCUT2D eigenvalue weighted by Crippen LogP contribution is 2.48. The highest BCUT2D eigenvalue weighted by Gasteiger charge is 2.56. The highest BCUT2D eigenvalue weighted by molar-refractivity contribution is 6.30. The number of amides is 2. The van der Waals surface area contributed by atoms with Gasteiger partial charge < -0.3 is 21.1 Å². The van der Waals surface area contributed by atoms with Gasteiger partial charge in [-0.2, -0.15) is 0 Å². The standard InChI is InChI=1S/C17H20ClN7O3.ClH/c18-11-1-2-13(24-8-21-22-23-24)10(3-11)6-20-16(27)15-5-9-4-14(9)25(15)17(28)12(19)7-26;/h1-3,8-9,12,14-15,26H,4-7,19H2,(H,20,27);1H/t9-,12+,14-,15-;/m0./s1. The van der Waals surface area contributed by atoms with Crippen LogP contribution in [0.5, 0.6) is 0 Å². The van der Waals surface area contributed by atoms with Crippen LogP contribution in [0.1, 0.15) is 18.4 Å². The third-order valence-electron chi connectivity index (χ3n) is 5.27. The summed E-state index contributed by atoms with van der Waals surface area (Å²) in [6.45, 7) is -0.243. The lowest BCUT2D eigenvalue weighted by atomic mass is 10.1. The summed E-state index contributed by atoms with van der Waals surface area (Å²) in [5.74, 6) is -0.313. The maximum absolute atomic E-state index is 12.8. The number of likely N-dealkylation sites (tertiary alicyclic amines) is 1. The zero-order chi connectivity index (χ0) is 19.8. The summed E-state index contributed by atoms with van der Waals surface area (Å²) < 4.78 is 1.48. The molecule has 1 saturated carbocycles. The van der Waals surface area contributed by atoms with Crippen molar-refractivity contribution in [3.05, 3.63) is 35.1 Å². The van der Waals surface area contributed by atoms with E-state index >= 15 is 0 Å². The van der Waals surface area contributed by atoms with Crippen molar-refractivity contribution in [1.29, 1.82) is 0 Å². The Morgan fingerprint density at radius 1 is 1.38 bits per heavy atom. The number of nitrogens with two attached hydrogens (primary N) is 1. The fraction of sp³-hybridized carbons (Fsp3) is 0.471. The first-order valence-corrected chi connectivity index (χ1v) is 9.35. The molecule has 4 N–H and O–H groups in total. The van der Waals surface area contributed by atoms with Gasteiger partial charge in [0, 0.05) is 17.6 Å². The monoisotopic (exact) mass is 441 g/mol. The van der Waals surface area contributed by atoms with Crippen molar-refractivity contribution in [2.45, 2.75) is 37.5 Å². The van der Waals surface area contributed by atoms with Crippen molar-refractivity contribution in [2.24, 2.45) is 11.7 Å². The lowest BCUT2D eigenvalue weighted by molar-refractivity contribution is -0.141. The Balaban J connectivity index is 0.00000240.